The van der Waals surface area contributed by atoms with Crippen LogP contribution in [0.5, 0.6) is 0 Å². The number of hydrogen-bond donors (Lipinski definition) is 3. The molecule has 0 aromatic heterocycles. The molecule has 3 nitrogen and oxygen atoms in total. The molecule has 0 amide bonds. The van der Waals surface area contributed by atoms with Crippen LogP contribution in [0.2, 0.25) is 0 Å². The van der Waals surface area contributed by atoms with E-state index in [1.165, 1.54) is 12.8 Å². The van der Waals surface area contributed by atoms with E-state index in [2.05, 4.69) is 5.32 Å². The molecule has 0 heterocycles. The van der Waals surface area contributed by atoms with Crippen LogP contribution >= 0.6 is 0 Å². The van der Waals surface area contributed by atoms with Gasteiger partial charge in [0.15, 0.2) is 0 Å². The first-order chi connectivity index (χ1) is 8.18. The van der Waals surface area contributed by atoms with Crippen LogP contribution in [0.15, 0.2) is 24.3 Å². The van der Waals surface area contributed by atoms with E-state index < -0.39 is 5.60 Å². The molecular formula is C14H22N2O. The summed E-state index contributed by atoms with van der Waals surface area (Å²) in [5.74, 6) is 0. The van der Waals surface area contributed by atoms with Crippen molar-refractivity contribution < 1.29 is 5.11 Å². The van der Waals surface area contributed by atoms with Crippen molar-refractivity contribution in [1.82, 2.24) is 0 Å². The van der Waals surface area contributed by atoms with Gasteiger partial charge in [0, 0.05) is 17.9 Å². The van der Waals surface area contributed by atoms with Crippen LogP contribution in [0.3, 0.4) is 0 Å². The van der Waals surface area contributed by atoms with Crippen LogP contribution in [0, 0.1) is 0 Å². The topological polar surface area (TPSA) is 58.3 Å². The third kappa shape index (κ3) is 3.63. The summed E-state index contributed by atoms with van der Waals surface area (Å²) in [6.07, 6.45) is 6.61. The number of nitrogen functional groups attached to an aromatic ring is 1. The third-order valence-electron chi connectivity index (χ3n) is 3.57. The maximum atomic E-state index is 10.5. The maximum Gasteiger partial charge on any atom is 0.0819 e. The molecular weight excluding hydrogens is 212 g/mol. The Morgan fingerprint density at radius 1 is 1.06 bits per heavy atom. The predicted molar refractivity (Wildman–Crippen MR) is 72.0 cm³/mol. The predicted octanol–water partition coefficient (Wildman–Crippen LogP) is 2.77. The zero-order valence-corrected chi connectivity index (χ0v) is 10.3. The summed E-state index contributed by atoms with van der Waals surface area (Å²) in [6.45, 7) is 0.636. The molecule has 1 saturated carbocycles. The molecule has 4 N–H and O–H groups in total. The van der Waals surface area contributed by atoms with Gasteiger partial charge in [0.1, 0.15) is 0 Å². The van der Waals surface area contributed by atoms with Gasteiger partial charge in [-0.1, -0.05) is 25.7 Å². The Morgan fingerprint density at radius 3 is 2.24 bits per heavy atom. The van der Waals surface area contributed by atoms with Crippen molar-refractivity contribution in [1.29, 1.82) is 0 Å². The van der Waals surface area contributed by atoms with E-state index in [-0.39, 0.29) is 0 Å². The van der Waals surface area contributed by atoms with Gasteiger partial charge in [0.05, 0.1) is 5.60 Å². The van der Waals surface area contributed by atoms with Crippen molar-refractivity contribution >= 4 is 11.4 Å². The number of hydrogen-bond acceptors (Lipinski definition) is 3. The second-order valence-electron chi connectivity index (χ2n) is 5.11. The summed E-state index contributed by atoms with van der Waals surface area (Å²) >= 11 is 0. The zero-order chi connectivity index (χ0) is 12.1. The molecule has 0 aliphatic heterocycles. The largest absolute Gasteiger partial charge is 0.399 e. The molecule has 0 unspecified atom stereocenters. The fourth-order valence-electron chi connectivity index (χ4n) is 2.43. The van der Waals surface area contributed by atoms with Crippen molar-refractivity contribution in [2.75, 3.05) is 17.6 Å². The normalized spacial score (nSPS) is 19.6. The van der Waals surface area contributed by atoms with Crippen LogP contribution in [0.1, 0.15) is 38.5 Å². The molecule has 1 fully saturated rings. The quantitative estimate of drug-likeness (QED) is 0.557. The number of aliphatic hydroxyl groups is 1. The minimum absolute atomic E-state index is 0.530. The summed E-state index contributed by atoms with van der Waals surface area (Å²) in [5.41, 5.74) is 6.90. The van der Waals surface area contributed by atoms with Crippen LogP contribution in [-0.2, 0) is 0 Å². The molecule has 0 saturated heterocycles. The highest BCUT2D eigenvalue weighted by molar-refractivity contribution is 5.51. The van der Waals surface area contributed by atoms with Gasteiger partial charge in [-0.15, -0.1) is 0 Å². The lowest BCUT2D eigenvalue weighted by Gasteiger charge is -2.27. The molecule has 17 heavy (non-hydrogen) atoms. The first-order valence-electron chi connectivity index (χ1n) is 6.50. The summed E-state index contributed by atoms with van der Waals surface area (Å²) < 4.78 is 0. The molecule has 1 aromatic carbocycles. The van der Waals surface area contributed by atoms with Gasteiger partial charge in [-0.05, 0) is 37.1 Å². The fourth-order valence-corrected chi connectivity index (χ4v) is 2.43. The standard InChI is InChI=1S/C14H22N2O/c15-12-5-7-13(8-6-12)16-11-14(17)9-3-1-2-4-10-14/h5-8,16-17H,1-4,9-11,15H2. The van der Waals surface area contributed by atoms with Crippen LogP contribution < -0.4 is 11.1 Å². The molecule has 2 rings (SSSR count). The smallest absolute Gasteiger partial charge is 0.0819 e. The first kappa shape index (κ1) is 12.2. The van der Waals surface area contributed by atoms with Crippen molar-refractivity contribution in [3.05, 3.63) is 24.3 Å². The molecule has 3 heteroatoms. The average molecular weight is 234 g/mol. The van der Waals surface area contributed by atoms with E-state index in [4.69, 9.17) is 5.73 Å². The monoisotopic (exact) mass is 234 g/mol. The number of nitrogens with two attached hydrogens (primary N) is 1. The fraction of sp³-hybridized carbons (Fsp3) is 0.571. The van der Waals surface area contributed by atoms with Gasteiger partial charge >= 0.3 is 0 Å². The minimum Gasteiger partial charge on any atom is -0.399 e. The van der Waals surface area contributed by atoms with Gasteiger partial charge in [-0.25, -0.2) is 0 Å². The van der Waals surface area contributed by atoms with E-state index in [1.807, 2.05) is 24.3 Å². The molecule has 0 bridgehead atoms. The molecule has 1 aromatic rings. The van der Waals surface area contributed by atoms with Crippen LogP contribution in [0.4, 0.5) is 11.4 Å². The second-order valence-corrected chi connectivity index (χ2v) is 5.11. The molecule has 0 radical (unpaired) electrons. The highest BCUT2D eigenvalue weighted by Crippen LogP contribution is 2.27. The van der Waals surface area contributed by atoms with E-state index in [9.17, 15) is 5.11 Å². The second kappa shape index (κ2) is 5.41. The molecule has 94 valence electrons. The van der Waals surface area contributed by atoms with E-state index in [1.54, 1.807) is 0 Å². The van der Waals surface area contributed by atoms with Crippen molar-refractivity contribution in [3.8, 4) is 0 Å². The van der Waals surface area contributed by atoms with Gasteiger partial charge in [-0.2, -0.15) is 0 Å². The lowest BCUT2D eigenvalue weighted by Crippen LogP contribution is -2.36. The van der Waals surface area contributed by atoms with Crippen molar-refractivity contribution in [3.63, 3.8) is 0 Å². The number of anilines is 2. The Labute approximate surface area is 103 Å². The highest BCUT2D eigenvalue weighted by atomic mass is 16.3. The lowest BCUT2D eigenvalue weighted by molar-refractivity contribution is 0.0381. The van der Waals surface area contributed by atoms with Crippen LogP contribution in [0.25, 0.3) is 0 Å². The van der Waals surface area contributed by atoms with E-state index in [0.717, 1.165) is 37.1 Å². The van der Waals surface area contributed by atoms with Crippen molar-refractivity contribution in [2.45, 2.75) is 44.1 Å². The number of benzene rings is 1. The molecule has 0 spiro atoms. The summed E-state index contributed by atoms with van der Waals surface area (Å²) in [6, 6.07) is 7.66. The van der Waals surface area contributed by atoms with Gasteiger partial charge < -0.3 is 16.2 Å². The van der Waals surface area contributed by atoms with Gasteiger partial charge in [0.2, 0.25) is 0 Å². The van der Waals surface area contributed by atoms with Crippen molar-refractivity contribution in [2.24, 2.45) is 0 Å². The maximum absolute atomic E-state index is 10.5. The number of nitrogens with one attached hydrogen (secondary N) is 1. The molecule has 1 aliphatic rings. The van der Waals surface area contributed by atoms with E-state index >= 15 is 0 Å². The molecule has 1 aliphatic carbocycles. The summed E-state index contributed by atoms with van der Waals surface area (Å²) in [7, 11) is 0. The average Bonchev–Trinajstić information content (AvgIpc) is 2.54. The molecule has 0 atom stereocenters. The minimum atomic E-state index is -0.530. The Bertz CT molecular complexity index is 340. The van der Waals surface area contributed by atoms with Crippen LogP contribution in [-0.4, -0.2) is 17.3 Å². The van der Waals surface area contributed by atoms with E-state index in [0.29, 0.717) is 6.54 Å². The summed E-state index contributed by atoms with van der Waals surface area (Å²) in [5, 5.41) is 13.8. The van der Waals surface area contributed by atoms with Gasteiger partial charge in [-0.3, -0.25) is 0 Å². The lowest BCUT2D eigenvalue weighted by atomic mass is 9.94. The third-order valence-corrected chi connectivity index (χ3v) is 3.57. The Balaban J connectivity index is 1.89. The summed E-state index contributed by atoms with van der Waals surface area (Å²) in [4.78, 5) is 0. The Kier molecular flexibility index (Phi) is 3.89. The zero-order valence-electron chi connectivity index (χ0n) is 10.3. The first-order valence-corrected chi connectivity index (χ1v) is 6.50. The Morgan fingerprint density at radius 2 is 1.65 bits per heavy atom. The van der Waals surface area contributed by atoms with Gasteiger partial charge in [0.25, 0.3) is 0 Å². The highest BCUT2D eigenvalue weighted by Gasteiger charge is 2.27. The Hall–Kier alpha value is -1.22. The SMILES string of the molecule is Nc1ccc(NCC2(O)CCCCCC2)cc1. The number of rotatable bonds is 3.